The van der Waals surface area contributed by atoms with E-state index in [4.69, 9.17) is 5.73 Å². The van der Waals surface area contributed by atoms with Crippen LogP contribution in [0.3, 0.4) is 0 Å². The Balaban J connectivity index is 2.49. The minimum Gasteiger partial charge on any atom is -0.329 e. The Hall–Kier alpha value is -0.930. The van der Waals surface area contributed by atoms with E-state index in [9.17, 15) is 0 Å². The van der Waals surface area contributed by atoms with E-state index in [1.54, 1.807) is 0 Å². The van der Waals surface area contributed by atoms with E-state index in [2.05, 4.69) is 29.8 Å². The molecule has 1 heterocycles. The number of hydrogen-bond donors (Lipinski definition) is 1. The Morgan fingerprint density at radius 3 is 2.53 bits per heavy atom. The minimum absolute atomic E-state index is 0.655. The van der Waals surface area contributed by atoms with Gasteiger partial charge in [0.1, 0.15) is 0 Å². The third-order valence-electron chi connectivity index (χ3n) is 3.26. The molecule has 0 unspecified atom stereocenters. The fourth-order valence-corrected chi connectivity index (χ4v) is 2.25. The zero-order valence-corrected chi connectivity index (χ0v) is 11.1. The third kappa shape index (κ3) is 4.84. The monoisotopic (exact) mass is 235 g/mol. The fraction of sp³-hybridized carbons (Fsp3) is 0.643. The van der Waals surface area contributed by atoms with Crippen molar-refractivity contribution in [2.24, 2.45) is 5.73 Å². The highest BCUT2D eigenvalue weighted by atomic mass is 15.2. The normalized spacial score (nSPS) is 11.4. The molecule has 0 saturated heterocycles. The van der Waals surface area contributed by atoms with E-state index >= 15 is 0 Å². The van der Waals surface area contributed by atoms with Gasteiger partial charge in [-0.25, -0.2) is 0 Å². The second-order valence-corrected chi connectivity index (χ2v) is 4.37. The van der Waals surface area contributed by atoms with E-state index < -0.39 is 0 Å². The van der Waals surface area contributed by atoms with E-state index in [0.29, 0.717) is 6.04 Å². The number of aromatic nitrogens is 1. The Bertz CT molecular complexity index is 283. The van der Waals surface area contributed by atoms with Crippen molar-refractivity contribution in [1.82, 2.24) is 9.88 Å². The molecule has 0 amide bonds. The molecule has 0 aliphatic carbocycles. The summed E-state index contributed by atoms with van der Waals surface area (Å²) in [6.45, 7) is 7.27. The van der Waals surface area contributed by atoms with Gasteiger partial charge in [-0.15, -0.1) is 0 Å². The lowest BCUT2D eigenvalue weighted by Crippen LogP contribution is -2.39. The summed E-state index contributed by atoms with van der Waals surface area (Å²) in [5, 5.41) is 0. The molecule has 2 N–H and O–H groups in total. The number of rotatable bonds is 8. The number of nitrogens with zero attached hydrogens (tertiary/aromatic N) is 2. The first-order valence-corrected chi connectivity index (χ1v) is 6.65. The van der Waals surface area contributed by atoms with Gasteiger partial charge in [-0.3, -0.25) is 9.88 Å². The van der Waals surface area contributed by atoms with Crippen LogP contribution in [0.5, 0.6) is 0 Å². The van der Waals surface area contributed by atoms with Crippen molar-refractivity contribution >= 4 is 0 Å². The highest BCUT2D eigenvalue weighted by Gasteiger charge is 2.13. The molecule has 0 spiro atoms. The maximum Gasteiger partial charge on any atom is 0.0416 e. The van der Waals surface area contributed by atoms with Gasteiger partial charge in [0.05, 0.1) is 0 Å². The summed E-state index contributed by atoms with van der Waals surface area (Å²) in [4.78, 5) is 6.86. The van der Waals surface area contributed by atoms with Crippen molar-refractivity contribution < 1.29 is 0 Å². The molecule has 0 aliphatic heterocycles. The first-order valence-electron chi connectivity index (χ1n) is 6.65. The van der Waals surface area contributed by atoms with Crippen molar-refractivity contribution in [1.29, 1.82) is 0 Å². The van der Waals surface area contributed by atoms with Crippen LogP contribution in [0.4, 0.5) is 0 Å². The molecule has 1 aromatic heterocycles. The molecule has 0 radical (unpaired) electrons. The van der Waals surface area contributed by atoms with Crippen molar-refractivity contribution in [3.63, 3.8) is 0 Å². The molecule has 3 nitrogen and oxygen atoms in total. The first kappa shape index (κ1) is 14.1. The van der Waals surface area contributed by atoms with Crippen LogP contribution in [0.25, 0.3) is 0 Å². The molecule has 0 atom stereocenters. The minimum atomic E-state index is 0.655. The van der Waals surface area contributed by atoms with Crippen molar-refractivity contribution in [3.05, 3.63) is 30.1 Å². The molecule has 0 bridgehead atoms. The van der Waals surface area contributed by atoms with Crippen LogP contribution in [0.1, 0.15) is 32.4 Å². The van der Waals surface area contributed by atoms with Crippen LogP contribution >= 0.6 is 0 Å². The van der Waals surface area contributed by atoms with Gasteiger partial charge < -0.3 is 5.73 Å². The predicted octanol–water partition coefficient (Wildman–Crippen LogP) is 2.07. The lowest BCUT2D eigenvalue weighted by atomic mass is 10.1. The number of nitrogens with two attached hydrogens (primary N) is 1. The summed E-state index contributed by atoms with van der Waals surface area (Å²) in [5.74, 6) is 0. The molecule has 1 rings (SSSR count). The highest BCUT2D eigenvalue weighted by molar-refractivity contribution is 5.03. The summed E-state index contributed by atoms with van der Waals surface area (Å²) in [6, 6.07) is 6.75. The van der Waals surface area contributed by atoms with E-state index in [1.165, 1.54) is 18.5 Å². The summed E-state index contributed by atoms with van der Waals surface area (Å²) >= 11 is 0. The Morgan fingerprint density at radius 2 is 2.00 bits per heavy atom. The second-order valence-electron chi connectivity index (χ2n) is 4.37. The van der Waals surface area contributed by atoms with Crippen molar-refractivity contribution in [2.45, 2.75) is 39.2 Å². The molecule has 96 valence electrons. The zero-order valence-electron chi connectivity index (χ0n) is 11.1. The van der Waals surface area contributed by atoms with Crippen LogP contribution in [0.2, 0.25) is 0 Å². The molecular formula is C14H25N3. The SMILES string of the molecule is CCC(CC)N(CCN)CCc1ccccn1. The average molecular weight is 235 g/mol. The number of hydrogen-bond acceptors (Lipinski definition) is 3. The molecular weight excluding hydrogens is 210 g/mol. The largest absolute Gasteiger partial charge is 0.329 e. The average Bonchev–Trinajstić information content (AvgIpc) is 2.38. The summed E-state index contributed by atoms with van der Waals surface area (Å²) in [5.41, 5.74) is 6.86. The zero-order chi connectivity index (χ0) is 12.5. The smallest absolute Gasteiger partial charge is 0.0416 e. The Kier molecular flexibility index (Phi) is 6.82. The van der Waals surface area contributed by atoms with Crippen LogP contribution < -0.4 is 5.73 Å². The lowest BCUT2D eigenvalue weighted by Gasteiger charge is -2.29. The summed E-state index contributed by atoms with van der Waals surface area (Å²) in [7, 11) is 0. The quantitative estimate of drug-likeness (QED) is 0.750. The van der Waals surface area contributed by atoms with Crippen molar-refractivity contribution in [2.75, 3.05) is 19.6 Å². The van der Waals surface area contributed by atoms with Crippen LogP contribution in [-0.2, 0) is 6.42 Å². The van der Waals surface area contributed by atoms with Crippen LogP contribution in [0.15, 0.2) is 24.4 Å². The topological polar surface area (TPSA) is 42.1 Å². The second kappa shape index (κ2) is 8.20. The van der Waals surface area contributed by atoms with Crippen LogP contribution in [-0.4, -0.2) is 35.6 Å². The van der Waals surface area contributed by atoms with Gasteiger partial charge in [-0.05, 0) is 25.0 Å². The van der Waals surface area contributed by atoms with E-state index in [1.807, 2.05) is 18.3 Å². The van der Waals surface area contributed by atoms with E-state index in [0.717, 1.165) is 26.1 Å². The predicted molar refractivity (Wildman–Crippen MR) is 72.9 cm³/mol. The first-order chi connectivity index (χ1) is 8.31. The maximum atomic E-state index is 5.69. The van der Waals surface area contributed by atoms with Gasteiger partial charge in [0.2, 0.25) is 0 Å². The lowest BCUT2D eigenvalue weighted by molar-refractivity contribution is 0.192. The maximum absolute atomic E-state index is 5.69. The van der Waals surface area contributed by atoms with Crippen molar-refractivity contribution in [3.8, 4) is 0 Å². The molecule has 17 heavy (non-hydrogen) atoms. The van der Waals surface area contributed by atoms with Gasteiger partial charge >= 0.3 is 0 Å². The van der Waals surface area contributed by atoms with Crippen LogP contribution in [0, 0.1) is 0 Å². The van der Waals surface area contributed by atoms with Gasteiger partial charge in [0, 0.05) is 44.0 Å². The molecule has 0 aromatic carbocycles. The molecule has 0 saturated carbocycles. The Labute approximate surface area is 105 Å². The Morgan fingerprint density at radius 1 is 1.24 bits per heavy atom. The molecule has 3 heteroatoms. The summed E-state index contributed by atoms with van der Waals surface area (Å²) in [6.07, 6.45) is 5.26. The number of pyridine rings is 1. The van der Waals surface area contributed by atoms with E-state index in [-0.39, 0.29) is 0 Å². The van der Waals surface area contributed by atoms with Gasteiger partial charge in [-0.2, -0.15) is 0 Å². The van der Waals surface area contributed by atoms with Gasteiger partial charge in [-0.1, -0.05) is 19.9 Å². The molecule has 0 aliphatic rings. The highest BCUT2D eigenvalue weighted by Crippen LogP contribution is 2.09. The van der Waals surface area contributed by atoms with Gasteiger partial charge in [0.25, 0.3) is 0 Å². The fourth-order valence-electron chi connectivity index (χ4n) is 2.25. The third-order valence-corrected chi connectivity index (χ3v) is 3.26. The molecule has 1 aromatic rings. The van der Waals surface area contributed by atoms with Gasteiger partial charge in [0.15, 0.2) is 0 Å². The standard InChI is InChI=1S/C14H25N3/c1-3-14(4-2)17(12-9-15)11-8-13-7-5-6-10-16-13/h5-7,10,14H,3-4,8-9,11-12,15H2,1-2H3. The molecule has 0 fully saturated rings. The summed E-state index contributed by atoms with van der Waals surface area (Å²) < 4.78 is 0.